The van der Waals surface area contributed by atoms with Crippen LogP contribution in [0.5, 0.6) is 23.0 Å². The molecule has 0 unspecified atom stereocenters. The first-order chi connectivity index (χ1) is 37.7. The van der Waals surface area contributed by atoms with Crippen molar-refractivity contribution in [3.63, 3.8) is 0 Å². The Balaban J connectivity index is 0.00000153. The Kier molecular flexibility index (Phi) is 15.5. The summed E-state index contributed by atoms with van der Waals surface area (Å²) in [6, 6.07) is 31.4. The number of aromatic nitrogens is 2. The molecular formula is C52H36InN8Na3O14S3. The number of hydrogen-bond acceptors (Lipinski definition) is 19. The van der Waals surface area contributed by atoms with E-state index in [0.717, 1.165) is 17.4 Å². The maximum Gasteiger partial charge on any atom is 1.00 e. The van der Waals surface area contributed by atoms with Crippen molar-refractivity contribution in [2.24, 2.45) is 30.0 Å². The number of fused-ring (bicyclic) bond motifs is 18. The third-order valence-corrected chi connectivity index (χ3v) is 24.8. The molecule has 0 aliphatic carbocycles. The number of benzene rings is 8. The van der Waals surface area contributed by atoms with Gasteiger partial charge in [-0.3, -0.25) is 0 Å². The van der Waals surface area contributed by atoms with Gasteiger partial charge in [0.25, 0.3) is 0 Å². The van der Waals surface area contributed by atoms with Crippen molar-refractivity contribution in [3.05, 3.63) is 142 Å². The van der Waals surface area contributed by atoms with Crippen LogP contribution in [-0.4, -0.2) is 111 Å². The topological polar surface area (TPSA) is 278 Å². The Hall–Kier alpha value is -4.76. The molecule has 8 aromatic carbocycles. The van der Waals surface area contributed by atoms with E-state index >= 15 is 0 Å². The molecule has 2 aromatic heterocycles. The molecular weight excluding hydrogens is 1240 g/mol. The van der Waals surface area contributed by atoms with Gasteiger partial charge >= 0.3 is 539 Å². The maximum absolute atomic E-state index is 13.9. The molecule has 3 N–H and O–H groups in total. The molecule has 392 valence electrons. The molecule has 14 rings (SSSR count). The van der Waals surface area contributed by atoms with Crippen LogP contribution in [0.1, 0.15) is 26.5 Å². The quantitative estimate of drug-likeness (QED) is 0.0508. The summed E-state index contributed by atoms with van der Waals surface area (Å²) in [6.45, 7) is 0. The summed E-state index contributed by atoms with van der Waals surface area (Å²) in [5.74, 6) is 1.55. The first kappa shape index (κ1) is 58.0. The first-order valence-electron chi connectivity index (χ1n) is 23.3. The Morgan fingerprint density at radius 3 is 1.32 bits per heavy atom. The van der Waals surface area contributed by atoms with Crippen molar-refractivity contribution in [3.8, 4) is 23.0 Å². The molecule has 0 fully saturated rings. The molecule has 6 bridgehead atoms. The smallest absolute Gasteiger partial charge is 1.00 e. The standard InChI is InChI=1S/C52H32N8O10S2.In.3Na.H2O4S.3H/c1-65-41-29-9-5-7-11-31(29)43(67-3)39-37(41)50-56-46-34-20-24-14-16-28(72(62,63)64)18-26(24)22-36(34)48(54-46)58-52-40-38(42(66-2)30-10-6-8-12-32(30)44(40)68-4)49(60-52)55-45-33-19-23-13-15-27(71-70-69-61)17-25(23)21-35(33)47(53-45)57-51(39)59-50;;;;;1-5(2,3)4;;;/h5-22H,1-4H3,(H2-2,53,54,55,56,57,58,59,60,61,62,63,64);;;;;(H2,1,2,3,4);;;/q-2;+3;3*+1;;3*-1/p-1. The van der Waals surface area contributed by atoms with E-state index < -0.39 is 43.0 Å². The molecule has 4 aliphatic heterocycles. The van der Waals surface area contributed by atoms with Crippen LogP contribution in [0.2, 0.25) is 0 Å². The van der Waals surface area contributed by atoms with Crippen LogP contribution in [-0.2, 0) is 32.2 Å². The third-order valence-electron chi connectivity index (χ3n) is 14.1. The summed E-state index contributed by atoms with van der Waals surface area (Å²) in [6.07, 6.45) is 0. The summed E-state index contributed by atoms with van der Waals surface area (Å²) in [7, 11) is -4.12. The molecule has 22 nitrogen and oxygen atoms in total. The van der Waals surface area contributed by atoms with Gasteiger partial charge in [0.1, 0.15) is 0 Å². The predicted molar refractivity (Wildman–Crippen MR) is 294 cm³/mol. The van der Waals surface area contributed by atoms with Crippen molar-refractivity contribution < 1.29 is 155 Å². The molecule has 4 aliphatic rings. The summed E-state index contributed by atoms with van der Waals surface area (Å²) in [5, 5.41) is 18.7. The van der Waals surface area contributed by atoms with E-state index in [9.17, 15) is 25.9 Å². The average molecular weight is 1280 g/mol. The zero-order valence-corrected chi connectivity index (χ0v) is 55.3. The number of hydrogen-bond donors (Lipinski definition) is 3. The molecule has 0 radical (unpaired) electrons. The SMILES string of the molecule is COc1c2ccccc2c(OC)c2c3[n]4c(c12)N=C1N=C(N=c2c5c(OC)c6ccccc6c(OC)c5c([n]2[In]4[O]S(=O)(=O)O)=NC2=NC(=N3)c3cc4cc(S(=O)(=O)O)ccc4cc32)c2cc3cc(SOOO)ccc3cc21.[H-].[H-].[H-].[Na+].[Na+].[Na+]. The molecule has 29 heteroatoms. The second kappa shape index (κ2) is 21.7. The zero-order valence-electron chi connectivity index (χ0n) is 46.6. The van der Waals surface area contributed by atoms with Crippen LogP contribution in [0.4, 0.5) is 11.6 Å². The van der Waals surface area contributed by atoms with Gasteiger partial charge in [0.2, 0.25) is 0 Å². The summed E-state index contributed by atoms with van der Waals surface area (Å²) in [4.78, 5) is 32.1. The Morgan fingerprint density at radius 1 is 0.494 bits per heavy atom. The van der Waals surface area contributed by atoms with Gasteiger partial charge in [-0.1, -0.05) is 0 Å². The number of nitrogens with zero attached hydrogens (tertiary/aromatic N) is 8. The molecule has 0 saturated carbocycles. The Labute approximate surface area is 541 Å². The Bertz CT molecular complexity index is 5000. The maximum atomic E-state index is 13.9. The van der Waals surface area contributed by atoms with Crippen LogP contribution < -0.4 is 119 Å². The van der Waals surface area contributed by atoms with Gasteiger partial charge in [0, 0.05) is 0 Å². The van der Waals surface area contributed by atoms with Crippen LogP contribution in [0.25, 0.3) is 64.6 Å². The molecule has 0 atom stereocenters. The van der Waals surface area contributed by atoms with Crippen LogP contribution in [0, 0.1) is 0 Å². The van der Waals surface area contributed by atoms with Crippen LogP contribution >= 0.6 is 12.0 Å². The molecule has 6 heterocycles. The monoisotopic (exact) mass is 1280 g/mol. The second-order valence-corrected chi connectivity index (χ2v) is 27.8. The van der Waals surface area contributed by atoms with Crippen molar-refractivity contribution >= 4 is 155 Å². The van der Waals surface area contributed by atoms with Gasteiger partial charge in [0.05, 0.1) is 0 Å². The summed E-state index contributed by atoms with van der Waals surface area (Å²) >= 11 is -4.86. The van der Waals surface area contributed by atoms with E-state index in [1.807, 2.05) is 72.8 Å². The molecule has 0 amide bonds. The summed E-state index contributed by atoms with van der Waals surface area (Å²) < 4.78 is 114. The third kappa shape index (κ3) is 9.13. The number of ether oxygens (including phenoxy) is 4. The minimum absolute atomic E-state index is 0. The van der Waals surface area contributed by atoms with Crippen molar-refractivity contribution in [1.29, 1.82) is 0 Å². The fourth-order valence-electron chi connectivity index (χ4n) is 11.0. The number of aliphatic imine (C=N–C) groups is 4. The van der Waals surface area contributed by atoms with Gasteiger partial charge < -0.3 is 4.28 Å². The average Bonchev–Trinajstić information content (AvgIpc) is 1.92. The van der Waals surface area contributed by atoms with E-state index in [1.165, 1.54) is 40.6 Å². The largest absolute Gasteiger partial charge is 1.00 e. The van der Waals surface area contributed by atoms with E-state index in [1.54, 1.807) is 29.4 Å². The van der Waals surface area contributed by atoms with Crippen molar-refractivity contribution in [1.82, 2.24) is 5.11 Å². The van der Waals surface area contributed by atoms with Gasteiger partial charge in [-0.25, -0.2) is 5.26 Å². The van der Waals surface area contributed by atoms with Crippen molar-refractivity contribution in [2.75, 3.05) is 28.4 Å². The summed E-state index contributed by atoms with van der Waals surface area (Å²) in [5.41, 5.74) is 1.88. The van der Waals surface area contributed by atoms with E-state index in [-0.39, 0.29) is 183 Å². The molecule has 0 spiro atoms. The molecule has 0 saturated heterocycles. The fourth-order valence-corrected chi connectivity index (χ4v) is 20.9. The number of methoxy groups -OCH3 is 4. The molecule has 10 aromatic rings. The second-order valence-electron chi connectivity index (χ2n) is 18.1. The van der Waals surface area contributed by atoms with Gasteiger partial charge in [-0.2, -0.15) is 0 Å². The predicted octanol–water partition coefficient (Wildman–Crippen LogP) is -0.588. The van der Waals surface area contributed by atoms with E-state index in [0.29, 0.717) is 70.2 Å². The first-order valence-corrected chi connectivity index (χ1v) is 31.2. The van der Waals surface area contributed by atoms with Gasteiger partial charge in [-0.05, 0) is 0 Å². The van der Waals surface area contributed by atoms with Crippen LogP contribution in [0.15, 0.2) is 149 Å². The van der Waals surface area contributed by atoms with Crippen molar-refractivity contribution in [2.45, 2.75) is 9.79 Å². The van der Waals surface area contributed by atoms with Gasteiger partial charge in [0.15, 0.2) is 0 Å². The van der Waals surface area contributed by atoms with Gasteiger partial charge in [-0.15, -0.1) is 0 Å². The molecule has 81 heavy (non-hydrogen) atoms. The van der Waals surface area contributed by atoms with E-state index in [4.69, 9.17) is 60.8 Å². The number of rotatable bonds is 10. The fraction of sp³-hybridized carbons (Fsp3) is 0.0769. The Morgan fingerprint density at radius 2 is 0.901 bits per heavy atom. The minimum Gasteiger partial charge on any atom is -1.00 e. The zero-order chi connectivity index (χ0) is 53.7. The normalized spacial score (nSPS) is 13.9. The minimum atomic E-state index is -5.64. The number of amidine groups is 4. The van der Waals surface area contributed by atoms with E-state index in [2.05, 4.69) is 5.04 Å². The van der Waals surface area contributed by atoms with Crippen LogP contribution in [0.3, 0.4) is 0 Å².